The summed E-state index contributed by atoms with van der Waals surface area (Å²) in [7, 11) is 0. The van der Waals surface area contributed by atoms with Crippen molar-refractivity contribution < 1.29 is 38.2 Å². The average molecular weight is 410 g/mol. The van der Waals surface area contributed by atoms with Crippen LogP contribution >= 0.6 is 0 Å². The van der Waals surface area contributed by atoms with Gasteiger partial charge in [0.2, 0.25) is 0 Å². The maximum absolute atomic E-state index is 13.4. The largest absolute Gasteiger partial charge is 0.465 e. The number of carbonyl (C=O) groups excluding carboxylic acids is 5. The highest BCUT2D eigenvalue weighted by Crippen LogP contribution is 2.58. The number of ether oxygens (including phenoxy) is 3. The Bertz CT molecular complexity index is 631. The van der Waals surface area contributed by atoms with Crippen molar-refractivity contribution in [3.05, 3.63) is 0 Å². The van der Waals surface area contributed by atoms with Crippen LogP contribution in [-0.2, 0) is 38.2 Å². The van der Waals surface area contributed by atoms with Gasteiger partial charge in [0.15, 0.2) is 11.7 Å². The monoisotopic (exact) mass is 410 g/mol. The number of ketones is 1. The Morgan fingerprint density at radius 3 is 1.93 bits per heavy atom. The van der Waals surface area contributed by atoms with E-state index in [9.17, 15) is 24.0 Å². The van der Waals surface area contributed by atoms with Crippen LogP contribution in [0.2, 0.25) is 0 Å². The third-order valence-electron chi connectivity index (χ3n) is 6.13. The molecule has 8 heteroatoms. The molecule has 2 rings (SSSR count). The maximum Gasteiger partial charge on any atom is 0.321 e. The summed E-state index contributed by atoms with van der Waals surface area (Å²) in [6.45, 7) is 4.91. The van der Waals surface area contributed by atoms with E-state index in [4.69, 9.17) is 14.2 Å². The predicted octanol–water partition coefficient (Wildman–Crippen LogP) is 1.87. The number of esters is 3. The zero-order valence-corrected chi connectivity index (χ0v) is 17.3. The molecule has 2 saturated carbocycles. The smallest absolute Gasteiger partial charge is 0.321 e. The number of carbonyl (C=O) groups is 5. The van der Waals surface area contributed by atoms with Gasteiger partial charge in [0.05, 0.1) is 25.7 Å². The van der Waals surface area contributed by atoms with Crippen LogP contribution in [0.25, 0.3) is 0 Å². The Kier molecular flexibility index (Phi) is 7.93. The topological polar surface area (TPSA) is 113 Å². The summed E-state index contributed by atoms with van der Waals surface area (Å²) in [5.41, 5.74) is -0.939. The second kappa shape index (κ2) is 9.98. The van der Waals surface area contributed by atoms with Crippen molar-refractivity contribution in [3.63, 3.8) is 0 Å². The fourth-order valence-electron chi connectivity index (χ4n) is 5.06. The molecule has 2 aliphatic carbocycles. The van der Waals surface area contributed by atoms with Gasteiger partial charge in [-0.05, 0) is 33.6 Å². The van der Waals surface area contributed by atoms with Crippen LogP contribution in [0.3, 0.4) is 0 Å². The highest BCUT2D eigenvalue weighted by molar-refractivity contribution is 6.10. The van der Waals surface area contributed by atoms with E-state index in [-0.39, 0.29) is 19.8 Å². The first kappa shape index (κ1) is 23.0. The first-order valence-electron chi connectivity index (χ1n) is 10.4. The number of Topliss-reactive ketones (excluding diaryl/α,β-unsaturated/α-hetero) is 1. The van der Waals surface area contributed by atoms with Gasteiger partial charge < -0.3 is 19.0 Å². The third-order valence-corrected chi connectivity index (χ3v) is 6.13. The van der Waals surface area contributed by atoms with Crippen LogP contribution in [0, 0.1) is 29.1 Å². The molecule has 0 aromatic heterocycles. The lowest BCUT2D eigenvalue weighted by Gasteiger charge is -2.40. The van der Waals surface area contributed by atoms with Crippen molar-refractivity contribution in [1.29, 1.82) is 0 Å². The Morgan fingerprint density at radius 1 is 0.966 bits per heavy atom. The molecular weight excluding hydrogens is 380 g/mol. The fourth-order valence-corrected chi connectivity index (χ4v) is 5.06. The Morgan fingerprint density at radius 2 is 1.48 bits per heavy atom. The van der Waals surface area contributed by atoms with Crippen molar-refractivity contribution in [2.24, 2.45) is 29.1 Å². The van der Waals surface area contributed by atoms with Gasteiger partial charge in [0.25, 0.3) is 0 Å². The SMILES string of the molecule is CCOC(=O)C(C(=O)OCC)[C@@H]1C(=O)[C@@H](C(=O)OCC)C2(CCCCC2)[C@H]1C=O. The molecule has 0 aliphatic heterocycles. The van der Waals surface area contributed by atoms with Crippen molar-refractivity contribution in [2.45, 2.75) is 52.9 Å². The van der Waals surface area contributed by atoms with Gasteiger partial charge in [0, 0.05) is 11.3 Å². The van der Waals surface area contributed by atoms with Gasteiger partial charge in [-0.1, -0.05) is 19.3 Å². The molecule has 0 radical (unpaired) electrons. The summed E-state index contributed by atoms with van der Waals surface area (Å²) < 4.78 is 15.2. The molecule has 1 spiro atoms. The average Bonchev–Trinajstić information content (AvgIpc) is 2.90. The van der Waals surface area contributed by atoms with Gasteiger partial charge in [-0.3, -0.25) is 19.2 Å². The van der Waals surface area contributed by atoms with Gasteiger partial charge in [-0.25, -0.2) is 0 Å². The molecule has 0 bridgehead atoms. The number of rotatable bonds is 8. The standard InChI is InChI=1S/C21H30O8/c1-4-27-18(24)15(19(25)28-5-2)14-13(12-22)21(10-8-7-9-11-21)16(17(14)23)20(26)29-6-3/h12-16H,4-11H2,1-3H3/t13-,14+,16-/m0/s1. The first-order valence-corrected chi connectivity index (χ1v) is 10.4. The minimum atomic E-state index is -1.57. The lowest BCUT2D eigenvalue weighted by atomic mass is 9.62. The lowest BCUT2D eigenvalue weighted by molar-refractivity contribution is -0.167. The number of hydrogen-bond donors (Lipinski definition) is 0. The highest BCUT2D eigenvalue weighted by Gasteiger charge is 2.66. The summed E-state index contributed by atoms with van der Waals surface area (Å²) in [5, 5.41) is 0. The van der Waals surface area contributed by atoms with Crippen molar-refractivity contribution in [2.75, 3.05) is 19.8 Å². The molecule has 0 unspecified atom stereocenters. The summed E-state index contributed by atoms with van der Waals surface area (Å²) in [6, 6.07) is 0. The van der Waals surface area contributed by atoms with Gasteiger partial charge >= 0.3 is 17.9 Å². The molecule has 0 aromatic rings. The maximum atomic E-state index is 13.4. The van der Waals surface area contributed by atoms with Crippen LogP contribution in [0.5, 0.6) is 0 Å². The second-order valence-electron chi connectivity index (χ2n) is 7.55. The fraction of sp³-hybridized carbons (Fsp3) is 0.762. The number of aldehydes is 1. The van der Waals surface area contributed by atoms with Crippen molar-refractivity contribution >= 4 is 30.0 Å². The Hall–Kier alpha value is -2.25. The summed E-state index contributed by atoms with van der Waals surface area (Å²) >= 11 is 0. The van der Waals surface area contributed by atoms with E-state index in [1.807, 2.05) is 0 Å². The molecular formula is C21H30O8. The van der Waals surface area contributed by atoms with Gasteiger partial charge in [-0.2, -0.15) is 0 Å². The van der Waals surface area contributed by atoms with E-state index in [0.717, 1.165) is 19.3 Å². The van der Waals surface area contributed by atoms with E-state index in [0.29, 0.717) is 19.1 Å². The van der Waals surface area contributed by atoms with E-state index < -0.39 is 52.8 Å². The third kappa shape index (κ3) is 4.21. The van der Waals surface area contributed by atoms with E-state index >= 15 is 0 Å². The molecule has 0 N–H and O–H groups in total. The Labute approximate surface area is 170 Å². The molecule has 0 amide bonds. The first-order chi connectivity index (χ1) is 13.9. The molecule has 0 saturated heterocycles. The van der Waals surface area contributed by atoms with Gasteiger partial charge in [0.1, 0.15) is 12.2 Å². The zero-order chi connectivity index (χ0) is 21.6. The molecule has 2 fully saturated rings. The molecule has 0 heterocycles. The van der Waals surface area contributed by atoms with Crippen molar-refractivity contribution in [1.82, 2.24) is 0 Å². The van der Waals surface area contributed by atoms with Crippen LogP contribution in [0.15, 0.2) is 0 Å². The quantitative estimate of drug-likeness (QED) is 0.258. The molecule has 29 heavy (non-hydrogen) atoms. The predicted molar refractivity (Wildman–Crippen MR) is 100 cm³/mol. The lowest BCUT2D eigenvalue weighted by Crippen LogP contribution is -2.42. The van der Waals surface area contributed by atoms with E-state index in [1.54, 1.807) is 20.8 Å². The van der Waals surface area contributed by atoms with Crippen LogP contribution in [0.1, 0.15) is 52.9 Å². The van der Waals surface area contributed by atoms with E-state index in [1.165, 1.54) is 0 Å². The van der Waals surface area contributed by atoms with Gasteiger partial charge in [-0.15, -0.1) is 0 Å². The molecule has 162 valence electrons. The number of hydrogen-bond acceptors (Lipinski definition) is 8. The molecule has 8 nitrogen and oxygen atoms in total. The minimum Gasteiger partial charge on any atom is -0.465 e. The second-order valence-corrected chi connectivity index (χ2v) is 7.55. The van der Waals surface area contributed by atoms with Crippen LogP contribution in [0.4, 0.5) is 0 Å². The molecule has 2 aliphatic rings. The highest BCUT2D eigenvalue weighted by atomic mass is 16.6. The van der Waals surface area contributed by atoms with Crippen LogP contribution < -0.4 is 0 Å². The van der Waals surface area contributed by atoms with Crippen LogP contribution in [-0.4, -0.2) is 49.8 Å². The van der Waals surface area contributed by atoms with E-state index in [2.05, 4.69) is 0 Å². The summed E-state index contributed by atoms with van der Waals surface area (Å²) in [5.74, 6) is -8.11. The summed E-state index contributed by atoms with van der Waals surface area (Å²) in [6.07, 6.45) is 4.04. The summed E-state index contributed by atoms with van der Waals surface area (Å²) in [4.78, 5) is 63.7. The molecule has 0 aromatic carbocycles. The normalized spacial score (nSPS) is 25.7. The van der Waals surface area contributed by atoms with Crippen molar-refractivity contribution in [3.8, 4) is 0 Å². The minimum absolute atomic E-state index is 0.00779. The Balaban J connectivity index is 2.57. The zero-order valence-electron chi connectivity index (χ0n) is 17.3. The molecule has 3 atom stereocenters.